The Labute approximate surface area is 107 Å². The van der Waals surface area contributed by atoms with Gasteiger partial charge >= 0.3 is 0 Å². The maximum atomic E-state index is 12.2. The second-order valence-electron chi connectivity index (χ2n) is 4.89. The maximum Gasteiger partial charge on any atom is 0.254 e. The fourth-order valence-electron chi connectivity index (χ4n) is 2.08. The Morgan fingerprint density at radius 2 is 2.28 bits per heavy atom. The summed E-state index contributed by atoms with van der Waals surface area (Å²) in [6, 6.07) is 7.19. The van der Waals surface area contributed by atoms with Crippen LogP contribution >= 0.6 is 0 Å². The molecule has 1 aromatic carbocycles. The van der Waals surface area contributed by atoms with Crippen LogP contribution in [0.3, 0.4) is 0 Å². The third-order valence-corrected chi connectivity index (χ3v) is 2.90. The number of rotatable bonds is 3. The Bertz CT molecular complexity index is 431. The fraction of sp³-hybridized carbons (Fsp3) is 0.500. The second kappa shape index (κ2) is 5.40. The second-order valence-corrected chi connectivity index (χ2v) is 4.89. The van der Waals surface area contributed by atoms with Crippen LogP contribution in [0.25, 0.3) is 0 Å². The van der Waals surface area contributed by atoms with Crippen molar-refractivity contribution >= 4 is 5.91 Å². The lowest BCUT2D eigenvalue weighted by molar-refractivity contribution is 0.0764. The molecule has 0 bridgehead atoms. The molecule has 0 aromatic heterocycles. The summed E-state index contributed by atoms with van der Waals surface area (Å²) in [7, 11) is 0. The van der Waals surface area contributed by atoms with Crippen LogP contribution in [0, 0.1) is 0 Å². The maximum absolute atomic E-state index is 12.2. The molecule has 1 fully saturated rings. The number of hydrogen-bond donors (Lipinski definition) is 1. The van der Waals surface area contributed by atoms with Gasteiger partial charge in [-0.1, -0.05) is 6.07 Å². The zero-order valence-electron chi connectivity index (χ0n) is 10.8. The molecule has 1 N–H and O–H groups in total. The number of carbonyl (C=O) groups is 1. The molecule has 18 heavy (non-hydrogen) atoms. The van der Waals surface area contributed by atoms with Gasteiger partial charge in [0.15, 0.2) is 0 Å². The SMILES string of the molecule is CC(C)Oc1cccc(C(=O)N2CC[C@H](O)C2)c1. The molecule has 98 valence electrons. The van der Waals surface area contributed by atoms with E-state index in [1.165, 1.54) is 0 Å². The van der Waals surface area contributed by atoms with Crippen LogP contribution in [0.5, 0.6) is 5.75 Å². The number of ether oxygens (including phenoxy) is 1. The van der Waals surface area contributed by atoms with Crippen LogP contribution in [0.2, 0.25) is 0 Å². The summed E-state index contributed by atoms with van der Waals surface area (Å²) in [6.07, 6.45) is 0.362. The Hall–Kier alpha value is -1.55. The first-order chi connectivity index (χ1) is 8.56. The van der Waals surface area contributed by atoms with Crippen molar-refractivity contribution in [1.29, 1.82) is 0 Å². The van der Waals surface area contributed by atoms with Gasteiger partial charge in [-0.15, -0.1) is 0 Å². The molecular formula is C14H19NO3. The standard InChI is InChI=1S/C14H19NO3/c1-10(2)18-13-5-3-4-11(8-13)14(17)15-7-6-12(16)9-15/h3-5,8,10,12,16H,6-7,9H2,1-2H3/t12-/m0/s1. The molecular weight excluding hydrogens is 230 g/mol. The molecule has 0 saturated carbocycles. The van der Waals surface area contributed by atoms with E-state index in [0.29, 0.717) is 30.8 Å². The van der Waals surface area contributed by atoms with Gasteiger partial charge in [-0.2, -0.15) is 0 Å². The predicted octanol–water partition coefficient (Wildman–Crippen LogP) is 1.68. The van der Waals surface area contributed by atoms with Crippen molar-refractivity contribution < 1.29 is 14.6 Å². The van der Waals surface area contributed by atoms with E-state index in [1.807, 2.05) is 26.0 Å². The van der Waals surface area contributed by atoms with Gasteiger partial charge in [0.2, 0.25) is 0 Å². The summed E-state index contributed by atoms with van der Waals surface area (Å²) >= 11 is 0. The van der Waals surface area contributed by atoms with Crippen molar-refractivity contribution in [2.24, 2.45) is 0 Å². The van der Waals surface area contributed by atoms with E-state index in [1.54, 1.807) is 17.0 Å². The van der Waals surface area contributed by atoms with Gasteiger partial charge in [0.1, 0.15) is 5.75 Å². The number of carbonyl (C=O) groups excluding carboxylic acids is 1. The van der Waals surface area contributed by atoms with Gasteiger partial charge in [0, 0.05) is 18.7 Å². The fourth-order valence-corrected chi connectivity index (χ4v) is 2.08. The summed E-state index contributed by atoms with van der Waals surface area (Å²) < 4.78 is 5.57. The van der Waals surface area contributed by atoms with Crippen molar-refractivity contribution in [3.05, 3.63) is 29.8 Å². The molecule has 0 radical (unpaired) electrons. The molecule has 4 nitrogen and oxygen atoms in total. The van der Waals surface area contributed by atoms with Gasteiger partial charge in [-0.05, 0) is 38.5 Å². The third kappa shape index (κ3) is 3.01. The van der Waals surface area contributed by atoms with Gasteiger partial charge in [-0.3, -0.25) is 4.79 Å². The number of β-amino-alcohol motifs (C(OH)–C–C–N with tert-alkyl or cyclic N) is 1. The van der Waals surface area contributed by atoms with E-state index in [2.05, 4.69) is 0 Å². The molecule has 0 spiro atoms. The summed E-state index contributed by atoms with van der Waals surface area (Å²) in [5, 5.41) is 9.45. The molecule has 1 aliphatic rings. The normalized spacial score (nSPS) is 19.3. The zero-order chi connectivity index (χ0) is 13.1. The average molecular weight is 249 g/mol. The van der Waals surface area contributed by atoms with E-state index in [9.17, 15) is 9.90 Å². The van der Waals surface area contributed by atoms with Crippen molar-refractivity contribution in [2.75, 3.05) is 13.1 Å². The molecule has 0 aliphatic carbocycles. The highest BCUT2D eigenvalue weighted by Gasteiger charge is 2.25. The highest BCUT2D eigenvalue weighted by atomic mass is 16.5. The van der Waals surface area contributed by atoms with Crippen molar-refractivity contribution in [3.8, 4) is 5.75 Å². The first kappa shape index (κ1) is 12.9. The lowest BCUT2D eigenvalue weighted by Crippen LogP contribution is -2.29. The molecule has 1 amide bonds. The summed E-state index contributed by atoms with van der Waals surface area (Å²) in [6.45, 7) is 4.94. The number of hydrogen-bond acceptors (Lipinski definition) is 3. The Morgan fingerprint density at radius 1 is 1.50 bits per heavy atom. The molecule has 1 heterocycles. The van der Waals surface area contributed by atoms with E-state index in [-0.39, 0.29) is 18.1 Å². The summed E-state index contributed by atoms with van der Waals surface area (Å²) in [4.78, 5) is 13.9. The van der Waals surface area contributed by atoms with Gasteiger partial charge in [0.25, 0.3) is 5.91 Å². The largest absolute Gasteiger partial charge is 0.491 e. The highest BCUT2D eigenvalue weighted by molar-refractivity contribution is 5.94. The Balaban J connectivity index is 2.10. The summed E-state index contributed by atoms with van der Waals surface area (Å²) in [5.74, 6) is 0.663. The number of benzene rings is 1. The van der Waals surface area contributed by atoms with Crippen LogP contribution in [0.4, 0.5) is 0 Å². The van der Waals surface area contributed by atoms with Crippen LogP contribution in [0.1, 0.15) is 30.6 Å². The van der Waals surface area contributed by atoms with Crippen molar-refractivity contribution in [1.82, 2.24) is 4.90 Å². The minimum atomic E-state index is -0.385. The Kier molecular flexibility index (Phi) is 3.87. The van der Waals surface area contributed by atoms with Gasteiger partial charge < -0.3 is 14.7 Å². The molecule has 2 rings (SSSR count). The lowest BCUT2D eigenvalue weighted by atomic mass is 10.2. The third-order valence-electron chi connectivity index (χ3n) is 2.90. The van der Waals surface area contributed by atoms with Crippen LogP contribution in [-0.4, -0.2) is 41.2 Å². The van der Waals surface area contributed by atoms with Crippen molar-refractivity contribution in [3.63, 3.8) is 0 Å². The van der Waals surface area contributed by atoms with E-state index >= 15 is 0 Å². The minimum Gasteiger partial charge on any atom is -0.491 e. The van der Waals surface area contributed by atoms with Gasteiger partial charge in [-0.25, -0.2) is 0 Å². The highest BCUT2D eigenvalue weighted by Crippen LogP contribution is 2.18. The lowest BCUT2D eigenvalue weighted by Gasteiger charge is -2.16. The zero-order valence-corrected chi connectivity index (χ0v) is 10.8. The predicted molar refractivity (Wildman–Crippen MR) is 68.7 cm³/mol. The van der Waals surface area contributed by atoms with Crippen LogP contribution < -0.4 is 4.74 Å². The average Bonchev–Trinajstić information content (AvgIpc) is 2.74. The molecule has 1 saturated heterocycles. The van der Waals surface area contributed by atoms with Crippen molar-refractivity contribution in [2.45, 2.75) is 32.5 Å². The van der Waals surface area contributed by atoms with Crippen LogP contribution in [0.15, 0.2) is 24.3 Å². The van der Waals surface area contributed by atoms with Crippen LogP contribution in [-0.2, 0) is 0 Å². The first-order valence-corrected chi connectivity index (χ1v) is 6.30. The van der Waals surface area contributed by atoms with E-state index in [4.69, 9.17) is 4.74 Å². The van der Waals surface area contributed by atoms with E-state index < -0.39 is 0 Å². The topological polar surface area (TPSA) is 49.8 Å². The minimum absolute atomic E-state index is 0.0410. The monoisotopic (exact) mass is 249 g/mol. The molecule has 0 unspecified atom stereocenters. The number of amides is 1. The van der Waals surface area contributed by atoms with Gasteiger partial charge in [0.05, 0.1) is 12.2 Å². The van der Waals surface area contributed by atoms with E-state index in [0.717, 1.165) is 0 Å². The molecule has 1 aromatic rings. The number of aliphatic hydroxyl groups is 1. The molecule has 1 aliphatic heterocycles. The molecule has 1 atom stereocenters. The number of nitrogens with zero attached hydrogens (tertiary/aromatic N) is 1. The Morgan fingerprint density at radius 3 is 2.89 bits per heavy atom. The first-order valence-electron chi connectivity index (χ1n) is 6.30. The number of likely N-dealkylation sites (tertiary alicyclic amines) is 1. The number of aliphatic hydroxyl groups excluding tert-OH is 1. The molecule has 4 heteroatoms. The summed E-state index contributed by atoms with van der Waals surface area (Å²) in [5.41, 5.74) is 0.613. The smallest absolute Gasteiger partial charge is 0.254 e. The quantitative estimate of drug-likeness (QED) is 0.886.